The van der Waals surface area contributed by atoms with Crippen LogP contribution in [0.2, 0.25) is 0 Å². The number of aryl methyl sites for hydroxylation is 3. The van der Waals surface area contributed by atoms with E-state index in [2.05, 4.69) is 15.4 Å². The molecule has 2 heterocycles. The molecule has 0 aliphatic heterocycles. The Balaban J connectivity index is 1.63. The quantitative estimate of drug-likeness (QED) is 0.282. The van der Waals surface area contributed by atoms with Gasteiger partial charge in [0.15, 0.2) is 0 Å². The Morgan fingerprint density at radius 2 is 1.80 bits per heavy atom. The number of nitrogens with two attached hydrogens (primary N) is 1. The minimum atomic E-state index is -4.80. The number of thiazole rings is 1. The van der Waals surface area contributed by atoms with Crippen molar-refractivity contribution in [3.63, 3.8) is 0 Å². The van der Waals surface area contributed by atoms with Gasteiger partial charge in [-0.2, -0.15) is 18.3 Å². The highest BCUT2D eigenvalue weighted by atomic mass is 32.1. The molecular formula is C27H20F4N6O3S. The Hall–Kier alpha value is -4.85. The molecule has 0 bridgehead atoms. The molecule has 0 saturated carbocycles. The van der Waals surface area contributed by atoms with Crippen LogP contribution >= 0.6 is 11.3 Å². The van der Waals surface area contributed by atoms with Crippen LogP contribution in [-0.4, -0.2) is 31.1 Å². The molecule has 3 aromatic carbocycles. The van der Waals surface area contributed by atoms with Gasteiger partial charge in [0.2, 0.25) is 5.91 Å². The van der Waals surface area contributed by atoms with Gasteiger partial charge in [0.1, 0.15) is 16.6 Å². The predicted molar refractivity (Wildman–Crippen MR) is 145 cm³/mol. The van der Waals surface area contributed by atoms with Gasteiger partial charge >= 0.3 is 11.9 Å². The Morgan fingerprint density at radius 1 is 1.07 bits per heavy atom. The number of primary amides is 1. The summed E-state index contributed by atoms with van der Waals surface area (Å²) in [5.41, 5.74) is 4.01. The van der Waals surface area contributed by atoms with Crippen molar-refractivity contribution in [1.29, 1.82) is 0 Å². The summed E-state index contributed by atoms with van der Waals surface area (Å²) in [6.45, 7) is 3.16. The lowest BCUT2D eigenvalue weighted by Gasteiger charge is -2.11. The highest BCUT2D eigenvalue weighted by molar-refractivity contribution is 7.22. The number of rotatable bonds is 5. The fourth-order valence-electron chi connectivity index (χ4n) is 4.43. The van der Waals surface area contributed by atoms with E-state index in [0.29, 0.717) is 17.5 Å². The molecule has 0 fully saturated rings. The van der Waals surface area contributed by atoms with Gasteiger partial charge < -0.3 is 11.1 Å². The predicted octanol–water partition coefficient (Wildman–Crippen LogP) is 4.97. The normalized spacial score (nSPS) is 11.7. The van der Waals surface area contributed by atoms with Crippen molar-refractivity contribution in [3.05, 3.63) is 92.9 Å². The van der Waals surface area contributed by atoms with Gasteiger partial charge in [-0.05, 0) is 61.9 Å². The van der Waals surface area contributed by atoms with Gasteiger partial charge in [-0.3, -0.25) is 9.59 Å². The number of nitrogens with zero attached hydrogens (tertiary/aromatic N) is 4. The van der Waals surface area contributed by atoms with E-state index < -0.39 is 35.1 Å². The maximum absolute atomic E-state index is 15.5. The Bertz CT molecular complexity index is 1920. The molecule has 2 amide bonds. The molecule has 210 valence electrons. The number of alkyl halides is 3. The minimum absolute atomic E-state index is 0.0126. The highest BCUT2D eigenvalue weighted by Crippen LogP contribution is 2.40. The number of carbonyl (C=O) groups excluding carboxylic acids is 2. The van der Waals surface area contributed by atoms with E-state index in [0.717, 1.165) is 28.2 Å². The van der Waals surface area contributed by atoms with Crippen LogP contribution in [0.15, 0.2) is 53.3 Å². The Labute approximate surface area is 232 Å². The van der Waals surface area contributed by atoms with Crippen molar-refractivity contribution in [2.75, 3.05) is 5.32 Å². The number of anilines is 1. The number of hydrogen-bond donors (Lipinski definition) is 2. The average molecular weight is 585 g/mol. The van der Waals surface area contributed by atoms with Crippen molar-refractivity contribution in [3.8, 4) is 16.3 Å². The summed E-state index contributed by atoms with van der Waals surface area (Å²) in [4.78, 5) is 41.4. The summed E-state index contributed by atoms with van der Waals surface area (Å²) in [5, 5.41) is 6.56. The first-order valence-corrected chi connectivity index (χ1v) is 12.7. The summed E-state index contributed by atoms with van der Waals surface area (Å²) in [5.74, 6) is -2.07. The fraction of sp³-hybridized carbons (Fsp3) is 0.148. The summed E-state index contributed by atoms with van der Waals surface area (Å²) in [7, 11) is 1.46. The third-order valence-corrected chi connectivity index (χ3v) is 7.42. The van der Waals surface area contributed by atoms with Crippen molar-refractivity contribution >= 4 is 39.1 Å². The lowest BCUT2D eigenvalue weighted by Crippen LogP contribution is -2.22. The maximum Gasteiger partial charge on any atom is 0.416 e. The zero-order chi connectivity index (χ0) is 29.8. The van der Waals surface area contributed by atoms with Gasteiger partial charge in [0, 0.05) is 23.9 Å². The fourth-order valence-corrected chi connectivity index (χ4v) is 5.60. The van der Waals surface area contributed by atoms with Gasteiger partial charge in [-0.1, -0.05) is 6.07 Å². The molecule has 0 radical (unpaired) electrons. The van der Waals surface area contributed by atoms with Crippen molar-refractivity contribution in [2.24, 2.45) is 12.8 Å². The second-order valence-electron chi connectivity index (χ2n) is 9.20. The molecule has 0 spiro atoms. The second-order valence-corrected chi connectivity index (χ2v) is 10.2. The zero-order valence-corrected chi connectivity index (χ0v) is 22.4. The monoisotopic (exact) mass is 584 g/mol. The van der Waals surface area contributed by atoms with Gasteiger partial charge in [0.05, 0.1) is 27.0 Å². The molecule has 9 nitrogen and oxygen atoms in total. The van der Waals surface area contributed by atoms with E-state index in [-0.39, 0.29) is 43.3 Å². The first-order chi connectivity index (χ1) is 19.2. The molecule has 0 aliphatic carbocycles. The van der Waals surface area contributed by atoms with E-state index >= 15 is 4.39 Å². The van der Waals surface area contributed by atoms with Crippen LogP contribution in [0.3, 0.4) is 0 Å². The summed E-state index contributed by atoms with van der Waals surface area (Å²) >= 11 is 0.845. The SMILES string of the molecule is Cc1cc(-n2c(C)nn(C)c2=O)cc(F)c1-c1nc2cc(C(F)(F)F)cc(C(=O)Nc3cccc(C(N)=O)c3)c2s1. The van der Waals surface area contributed by atoms with Crippen molar-refractivity contribution in [1.82, 2.24) is 19.3 Å². The zero-order valence-electron chi connectivity index (χ0n) is 21.6. The van der Waals surface area contributed by atoms with Crippen LogP contribution in [0.25, 0.3) is 26.5 Å². The standard InChI is InChI=1S/C27H20F4N6O3S/c1-12-7-17(37-13(2)35-36(3)26(37)40)11-19(28)21(12)25-34-20-10-15(27(29,30)31)9-18(22(20)41-25)24(39)33-16-6-4-5-14(8-16)23(32)38/h4-11H,1-3H3,(H2,32,38)(H,33,39). The first kappa shape index (κ1) is 27.7. The lowest BCUT2D eigenvalue weighted by atomic mass is 10.1. The molecule has 2 aromatic heterocycles. The molecule has 0 atom stereocenters. The van der Waals surface area contributed by atoms with Gasteiger partial charge in [0.25, 0.3) is 5.91 Å². The number of fused-ring (bicyclic) bond motifs is 1. The highest BCUT2D eigenvalue weighted by Gasteiger charge is 2.33. The molecule has 14 heteroatoms. The van der Waals surface area contributed by atoms with Crippen molar-refractivity contribution in [2.45, 2.75) is 20.0 Å². The molecule has 0 aliphatic rings. The van der Waals surface area contributed by atoms with Gasteiger partial charge in [-0.15, -0.1) is 11.3 Å². The minimum Gasteiger partial charge on any atom is -0.366 e. The molecule has 41 heavy (non-hydrogen) atoms. The lowest BCUT2D eigenvalue weighted by molar-refractivity contribution is -0.137. The first-order valence-electron chi connectivity index (χ1n) is 11.9. The van der Waals surface area contributed by atoms with E-state index in [1.807, 2.05) is 0 Å². The number of aromatic nitrogens is 4. The summed E-state index contributed by atoms with van der Waals surface area (Å²) < 4.78 is 59.2. The average Bonchev–Trinajstić information content (AvgIpc) is 3.41. The number of amides is 2. The van der Waals surface area contributed by atoms with Crippen LogP contribution < -0.4 is 16.7 Å². The number of hydrogen-bond acceptors (Lipinski definition) is 6. The molecular weight excluding hydrogens is 564 g/mol. The van der Waals surface area contributed by atoms with E-state index in [4.69, 9.17) is 5.73 Å². The maximum atomic E-state index is 15.5. The molecule has 5 rings (SSSR count). The van der Waals surface area contributed by atoms with Crippen LogP contribution in [0.1, 0.15) is 37.7 Å². The summed E-state index contributed by atoms with van der Waals surface area (Å²) in [6.07, 6.45) is -4.80. The van der Waals surface area contributed by atoms with Crippen molar-refractivity contribution < 1.29 is 27.2 Å². The number of carbonyl (C=O) groups is 2. The number of benzene rings is 3. The molecule has 5 aromatic rings. The van der Waals surface area contributed by atoms with E-state index in [9.17, 15) is 27.6 Å². The van der Waals surface area contributed by atoms with Gasteiger partial charge in [-0.25, -0.2) is 23.4 Å². The number of nitrogens with one attached hydrogen (secondary N) is 1. The number of halogens is 4. The molecule has 3 N–H and O–H groups in total. The molecule has 0 unspecified atom stereocenters. The summed E-state index contributed by atoms with van der Waals surface area (Å²) in [6, 6.07) is 9.76. The second kappa shape index (κ2) is 9.96. The topological polar surface area (TPSA) is 125 Å². The van der Waals surface area contributed by atoms with Crippen LogP contribution in [-0.2, 0) is 13.2 Å². The third kappa shape index (κ3) is 5.09. The van der Waals surface area contributed by atoms with Crippen LogP contribution in [0, 0.1) is 19.7 Å². The third-order valence-electron chi connectivity index (χ3n) is 6.30. The Morgan fingerprint density at radius 3 is 2.41 bits per heavy atom. The van der Waals surface area contributed by atoms with E-state index in [1.54, 1.807) is 19.9 Å². The largest absolute Gasteiger partial charge is 0.416 e. The van der Waals surface area contributed by atoms with Crippen LogP contribution in [0.5, 0.6) is 0 Å². The van der Waals surface area contributed by atoms with Crippen LogP contribution in [0.4, 0.5) is 23.2 Å². The smallest absolute Gasteiger partial charge is 0.366 e. The Kier molecular flexibility index (Phi) is 6.73. The van der Waals surface area contributed by atoms with E-state index in [1.165, 1.54) is 35.9 Å². The molecule has 0 saturated heterocycles.